The summed E-state index contributed by atoms with van der Waals surface area (Å²) in [5, 5.41) is 7.48. The van der Waals surface area contributed by atoms with E-state index in [2.05, 4.69) is 25.2 Å². The molecule has 0 aliphatic carbocycles. The first-order chi connectivity index (χ1) is 18.3. The third-order valence-corrected chi connectivity index (χ3v) is 9.04. The third kappa shape index (κ3) is 6.25. The van der Waals surface area contributed by atoms with Crippen molar-refractivity contribution in [1.29, 1.82) is 0 Å². The lowest BCUT2D eigenvalue weighted by Gasteiger charge is -2.33. The average Bonchev–Trinajstić information content (AvgIpc) is 3.52. The van der Waals surface area contributed by atoms with Crippen LogP contribution in [0.4, 0.5) is 23.2 Å². The van der Waals surface area contributed by atoms with Crippen molar-refractivity contribution in [2.45, 2.75) is 35.1 Å². The lowest BCUT2D eigenvalue weighted by molar-refractivity contribution is -0.0327. The van der Waals surface area contributed by atoms with Crippen molar-refractivity contribution in [3.63, 3.8) is 0 Å². The number of thiophene rings is 1. The number of guanidine groups is 1. The Balaban J connectivity index is 1.50. The van der Waals surface area contributed by atoms with E-state index in [9.17, 15) is 26.0 Å². The molecule has 0 spiro atoms. The Kier molecular flexibility index (Phi) is 7.45. The van der Waals surface area contributed by atoms with Crippen molar-refractivity contribution in [2.75, 3.05) is 45.3 Å². The molecular formula is C22H25F4N7O3S3. The van der Waals surface area contributed by atoms with E-state index in [1.165, 1.54) is 0 Å². The number of hydrogen-bond acceptors (Lipinski definition) is 11. The standard InChI is InChI=1S/C22H25F4N7O3S3/c1-32-8-7-13(12(23)9-32)27-14-6-4-5-11-16(14)37-18(17(11)38-22(24,25)26)19-29-20(36-30-19)15-10-33(2)21(28-15)31-39(3,34)35/h4-6,12-13,15,27H,7-10H2,1-3H3,(H,28,31)/t12-,13+,15?/m0/s1. The monoisotopic (exact) mass is 607 g/mol. The number of thioether (sulfide) groups is 1. The number of alkyl halides is 4. The molecular weight excluding hydrogens is 582 g/mol. The van der Waals surface area contributed by atoms with Crippen LogP contribution in [0.25, 0.3) is 20.8 Å². The summed E-state index contributed by atoms with van der Waals surface area (Å²) < 4.78 is 87.0. The smallest absolute Gasteiger partial charge is 0.378 e. The molecule has 4 heterocycles. The molecule has 3 atom stereocenters. The molecule has 2 N–H and O–H groups in total. The number of benzene rings is 1. The molecule has 3 aromatic rings. The molecule has 2 aliphatic heterocycles. The number of likely N-dealkylation sites (N-methyl/N-ethyl adjacent to an activating group) is 1. The van der Waals surface area contributed by atoms with Crippen molar-refractivity contribution in [2.24, 2.45) is 4.99 Å². The largest absolute Gasteiger partial charge is 0.446 e. The predicted octanol–water partition coefficient (Wildman–Crippen LogP) is 3.91. The van der Waals surface area contributed by atoms with E-state index in [0.29, 0.717) is 28.7 Å². The number of sulfonamides is 1. The number of anilines is 1. The van der Waals surface area contributed by atoms with Crippen LogP contribution in [0.3, 0.4) is 0 Å². The number of halogens is 4. The second kappa shape index (κ2) is 10.4. The number of nitrogens with one attached hydrogen (secondary N) is 2. The molecule has 10 nitrogen and oxygen atoms in total. The van der Waals surface area contributed by atoms with Crippen LogP contribution in [-0.4, -0.2) is 92.0 Å². The quantitative estimate of drug-likeness (QED) is 0.318. The molecule has 2 aromatic heterocycles. The lowest BCUT2D eigenvalue weighted by Crippen LogP contribution is -2.46. The summed E-state index contributed by atoms with van der Waals surface area (Å²) >= 11 is 0.791. The number of piperidine rings is 1. The van der Waals surface area contributed by atoms with Gasteiger partial charge < -0.3 is 19.6 Å². The summed E-state index contributed by atoms with van der Waals surface area (Å²) in [7, 11) is -0.107. The number of fused-ring (bicyclic) bond motifs is 1. The summed E-state index contributed by atoms with van der Waals surface area (Å²) in [5.41, 5.74) is -4.05. The number of rotatable bonds is 6. The molecule has 0 amide bonds. The lowest BCUT2D eigenvalue weighted by atomic mass is 10.0. The molecule has 0 radical (unpaired) electrons. The maximum Gasteiger partial charge on any atom is 0.446 e. The Hall–Kier alpha value is -2.63. The highest BCUT2D eigenvalue weighted by molar-refractivity contribution is 8.00. The molecule has 0 saturated carbocycles. The third-order valence-electron chi connectivity index (χ3n) is 6.27. The molecule has 1 fully saturated rings. The SMILES string of the molecule is CN1CC[C@@H](Nc2cccc3c(SC(F)(F)F)c(-c4noc(C5CN(C)C(NS(C)(=O)=O)=N5)n4)sc23)[C@@H](F)C1. The Morgan fingerprint density at radius 2 is 2.00 bits per heavy atom. The maximum absolute atomic E-state index is 14.7. The van der Waals surface area contributed by atoms with Gasteiger partial charge in [0, 0.05) is 30.4 Å². The van der Waals surface area contributed by atoms with Crippen molar-refractivity contribution in [3.05, 3.63) is 24.1 Å². The highest BCUT2D eigenvalue weighted by Crippen LogP contribution is 2.51. The Labute approximate surface area is 229 Å². The predicted molar refractivity (Wildman–Crippen MR) is 142 cm³/mol. The second-order valence-electron chi connectivity index (χ2n) is 9.49. The van der Waals surface area contributed by atoms with Crippen LogP contribution in [0.5, 0.6) is 0 Å². The zero-order chi connectivity index (χ0) is 28.1. The zero-order valence-corrected chi connectivity index (χ0v) is 23.4. The summed E-state index contributed by atoms with van der Waals surface area (Å²) in [4.78, 5) is 12.1. The number of likely N-dealkylation sites (tertiary alicyclic amines) is 1. The molecule has 2 aliphatic rings. The van der Waals surface area contributed by atoms with Gasteiger partial charge in [0.25, 0.3) is 5.89 Å². The molecule has 39 heavy (non-hydrogen) atoms. The van der Waals surface area contributed by atoms with E-state index in [1.54, 1.807) is 30.1 Å². The first-order valence-electron chi connectivity index (χ1n) is 11.8. The fourth-order valence-corrected chi connectivity index (χ4v) is 7.14. The van der Waals surface area contributed by atoms with Gasteiger partial charge in [0.15, 0.2) is 6.04 Å². The van der Waals surface area contributed by atoms with Gasteiger partial charge >= 0.3 is 5.51 Å². The molecule has 0 bridgehead atoms. The van der Waals surface area contributed by atoms with Crippen molar-refractivity contribution < 1.29 is 30.5 Å². The van der Waals surface area contributed by atoms with E-state index in [1.807, 2.05) is 11.9 Å². The minimum absolute atomic E-state index is 0.0347. The van der Waals surface area contributed by atoms with E-state index >= 15 is 0 Å². The molecule has 1 aromatic carbocycles. The molecule has 1 unspecified atom stereocenters. The van der Waals surface area contributed by atoms with Crippen LogP contribution >= 0.6 is 23.1 Å². The Bertz CT molecular complexity index is 1510. The minimum Gasteiger partial charge on any atom is -0.378 e. The summed E-state index contributed by atoms with van der Waals surface area (Å²) in [6, 6.07) is 3.74. The highest BCUT2D eigenvalue weighted by Gasteiger charge is 2.36. The van der Waals surface area contributed by atoms with Crippen LogP contribution in [0.15, 0.2) is 32.6 Å². The number of aliphatic imine (C=N–C) groups is 1. The van der Waals surface area contributed by atoms with E-state index in [0.717, 1.165) is 17.6 Å². The van der Waals surface area contributed by atoms with Gasteiger partial charge in [-0.05, 0) is 31.3 Å². The van der Waals surface area contributed by atoms with Crippen LogP contribution in [0.2, 0.25) is 0 Å². The van der Waals surface area contributed by atoms with Crippen LogP contribution in [0.1, 0.15) is 18.4 Å². The number of aromatic nitrogens is 2. The minimum atomic E-state index is -4.58. The first kappa shape index (κ1) is 27.9. The topological polar surface area (TPSA) is 116 Å². The zero-order valence-electron chi connectivity index (χ0n) is 21.0. The van der Waals surface area contributed by atoms with Gasteiger partial charge in [0.2, 0.25) is 21.8 Å². The van der Waals surface area contributed by atoms with Gasteiger partial charge in [-0.25, -0.2) is 17.8 Å². The summed E-state index contributed by atoms with van der Waals surface area (Å²) in [5.74, 6) is 0.0784. The van der Waals surface area contributed by atoms with Gasteiger partial charge in [-0.3, -0.25) is 4.72 Å². The van der Waals surface area contributed by atoms with Crippen molar-refractivity contribution in [1.82, 2.24) is 24.7 Å². The normalized spacial score (nSPS) is 22.9. The second-order valence-corrected chi connectivity index (χ2v) is 13.3. The number of hydrogen-bond donors (Lipinski definition) is 2. The van der Waals surface area contributed by atoms with Crippen LogP contribution in [-0.2, 0) is 10.0 Å². The highest BCUT2D eigenvalue weighted by atomic mass is 32.2. The first-order valence-corrected chi connectivity index (χ1v) is 15.3. The Morgan fingerprint density at radius 1 is 1.23 bits per heavy atom. The molecule has 17 heteroatoms. The van der Waals surface area contributed by atoms with E-state index < -0.39 is 33.8 Å². The van der Waals surface area contributed by atoms with Gasteiger partial charge in [-0.2, -0.15) is 18.2 Å². The molecule has 212 valence electrons. The average molecular weight is 608 g/mol. The summed E-state index contributed by atoms with van der Waals surface area (Å²) in [6.45, 7) is 1.19. The van der Waals surface area contributed by atoms with Crippen molar-refractivity contribution in [3.8, 4) is 10.7 Å². The van der Waals surface area contributed by atoms with Crippen molar-refractivity contribution >= 4 is 54.9 Å². The Morgan fingerprint density at radius 3 is 2.69 bits per heavy atom. The fraction of sp³-hybridized carbons (Fsp3) is 0.500. The van der Waals surface area contributed by atoms with Gasteiger partial charge in [0.1, 0.15) is 6.17 Å². The van der Waals surface area contributed by atoms with Crippen LogP contribution < -0.4 is 10.0 Å². The molecule has 5 rings (SSSR count). The van der Waals surface area contributed by atoms with Crippen LogP contribution in [0, 0.1) is 0 Å². The molecule has 1 saturated heterocycles. The van der Waals surface area contributed by atoms with Gasteiger partial charge in [-0.15, -0.1) is 11.3 Å². The van der Waals surface area contributed by atoms with E-state index in [4.69, 9.17) is 4.52 Å². The number of nitrogens with zero attached hydrogens (tertiary/aromatic N) is 5. The van der Waals surface area contributed by atoms with Gasteiger partial charge in [-0.1, -0.05) is 17.3 Å². The fourth-order valence-electron chi connectivity index (χ4n) is 4.49. The summed E-state index contributed by atoms with van der Waals surface area (Å²) in [6.07, 6.45) is 0.415. The maximum atomic E-state index is 14.7. The van der Waals surface area contributed by atoms with E-state index in [-0.39, 0.29) is 52.3 Å². The van der Waals surface area contributed by atoms with Gasteiger partial charge in [0.05, 0.1) is 34.1 Å².